The fourth-order valence-electron chi connectivity index (χ4n) is 2.72. The second kappa shape index (κ2) is 6.09. The Labute approximate surface area is 122 Å². The molecule has 2 unspecified atom stereocenters. The van der Waals surface area contributed by atoms with E-state index < -0.39 is 0 Å². The van der Waals surface area contributed by atoms with Crippen LogP contribution in [0.4, 0.5) is 0 Å². The summed E-state index contributed by atoms with van der Waals surface area (Å²) in [6, 6.07) is 8.50. The maximum absolute atomic E-state index is 9.22. The van der Waals surface area contributed by atoms with Crippen molar-refractivity contribution in [2.45, 2.75) is 40.5 Å². The molecule has 1 heteroatoms. The third-order valence-electron chi connectivity index (χ3n) is 4.48. The van der Waals surface area contributed by atoms with Crippen LogP contribution in [0.15, 0.2) is 35.9 Å². The quantitative estimate of drug-likeness (QED) is 0.679. The van der Waals surface area contributed by atoms with Gasteiger partial charge in [-0.2, -0.15) is 5.26 Å². The summed E-state index contributed by atoms with van der Waals surface area (Å²) in [5.74, 6) is 1.23. The lowest BCUT2D eigenvalue weighted by Gasteiger charge is -2.21. The van der Waals surface area contributed by atoms with Gasteiger partial charge in [0.05, 0.1) is 11.6 Å². The van der Waals surface area contributed by atoms with E-state index in [4.69, 9.17) is 0 Å². The monoisotopic (exact) mass is 265 g/mol. The minimum absolute atomic E-state index is 0.601. The summed E-state index contributed by atoms with van der Waals surface area (Å²) in [5, 5.41) is 9.22. The maximum atomic E-state index is 9.22. The predicted molar refractivity (Wildman–Crippen MR) is 85.2 cm³/mol. The molecule has 0 spiro atoms. The minimum Gasteiger partial charge on any atom is -0.192 e. The van der Waals surface area contributed by atoms with E-state index in [-0.39, 0.29) is 0 Å². The van der Waals surface area contributed by atoms with Crippen LogP contribution in [-0.4, -0.2) is 0 Å². The Morgan fingerprint density at radius 3 is 2.60 bits per heavy atom. The van der Waals surface area contributed by atoms with Crippen molar-refractivity contribution in [2.75, 3.05) is 0 Å². The van der Waals surface area contributed by atoms with E-state index in [0.717, 1.165) is 11.1 Å². The summed E-state index contributed by atoms with van der Waals surface area (Å²) in [6.45, 7) is 8.80. The van der Waals surface area contributed by atoms with Crippen LogP contribution in [-0.2, 0) is 0 Å². The number of allylic oxidation sites excluding steroid dienone is 4. The number of nitrogens with zero attached hydrogens (tertiary/aromatic N) is 1. The molecule has 0 radical (unpaired) electrons. The van der Waals surface area contributed by atoms with Crippen molar-refractivity contribution >= 4 is 5.57 Å². The molecule has 1 nitrogen and oxygen atoms in total. The predicted octanol–water partition coefficient (Wildman–Crippen LogP) is 5.26. The van der Waals surface area contributed by atoms with Crippen LogP contribution >= 0.6 is 0 Å². The largest absolute Gasteiger partial charge is 0.192 e. The fraction of sp³-hybridized carbons (Fsp3) is 0.421. The molecule has 0 saturated carbocycles. The first kappa shape index (κ1) is 14.6. The summed E-state index contributed by atoms with van der Waals surface area (Å²) in [6.07, 6.45) is 7.04. The zero-order valence-corrected chi connectivity index (χ0v) is 12.9. The molecule has 2 rings (SSSR count). The minimum atomic E-state index is 0.601. The van der Waals surface area contributed by atoms with Crippen LogP contribution in [0.3, 0.4) is 0 Å². The molecule has 0 N–H and O–H groups in total. The van der Waals surface area contributed by atoms with Gasteiger partial charge in [-0.15, -0.1) is 0 Å². The second-order valence-electron chi connectivity index (χ2n) is 6.05. The molecule has 0 bridgehead atoms. The molecule has 20 heavy (non-hydrogen) atoms. The number of nitriles is 1. The number of aryl methyl sites for hydroxylation is 1. The van der Waals surface area contributed by atoms with E-state index in [1.165, 1.54) is 29.6 Å². The van der Waals surface area contributed by atoms with Crippen LogP contribution in [0, 0.1) is 30.1 Å². The van der Waals surface area contributed by atoms with Crippen LogP contribution < -0.4 is 0 Å². The zero-order valence-electron chi connectivity index (χ0n) is 12.9. The Kier molecular flexibility index (Phi) is 4.45. The van der Waals surface area contributed by atoms with Gasteiger partial charge in [0.25, 0.3) is 0 Å². The Bertz CT molecular complexity index is 599. The lowest BCUT2D eigenvalue weighted by molar-refractivity contribution is 0.516. The third kappa shape index (κ3) is 3.02. The first-order valence-corrected chi connectivity index (χ1v) is 7.43. The van der Waals surface area contributed by atoms with E-state index in [0.29, 0.717) is 11.8 Å². The van der Waals surface area contributed by atoms with Crippen LogP contribution in [0.1, 0.15) is 50.3 Å². The number of hydrogen-bond donors (Lipinski definition) is 0. The fourth-order valence-corrected chi connectivity index (χ4v) is 2.72. The standard InChI is InChI=1S/C19H23N/c1-13-5-7-14(2)16(4)19(10-6-13)17-9-8-15(3)18(11-17)12-20/h6,8-11,13-14H,5,7H2,1-4H3/b10-6-,19-16-. The highest BCUT2D eigenvalue weighted by molar-refractivity contribution is 5.77. The third-order valence-corrected chi connectivity index (χ3v) is 4.48. The van der Waals surface area contributed by atoms with Crippen LogP contribution in [0.5, 0.6) is 0 Å². The number of hydrogen-bond acceptors (Lipinski definition) is 1. The van der Waals surface area contributed by atoms with Gasteiger partial charge in [-0.3, -0.25) is 0 Å². The van der Waals surface area contributed by atoms with Crippen molar-refractivity contribution in [3.63, 3.8) is 0 Å². The summed E-state index contributed by atoms with van der Waals surface area (Å²) < 4.78 is 0. The van der Waals surface area contributed by atoms with Gasteiger partial charge >= 0.3 is 0 Å². The van der Waals surface area contributed by atoms with Gasteiger partial charge in [-0.05, 0) is 61.3 Å². The first-order valence-electron chi connectivity index (χ1n) is 7.43. The molecule has 0 saturated heterocycles. The van der Waals surface area contributed by atoms with E-state index in [1.807, 2.05) is 13.0 Å². The molecule has 1 aliphatic carbocycles. The van der Waals surface area contributed by atoms with Crippen molar-refractivity contribution < 1.29 is 0 Å². The van der Waals surface area contributed by atoms with Gasteiger partial charge in [0, 0.05) is 0 Å². The molecule has 1 aromatic carbocycles. The van der Waals surface area contributed by atoms with Crippen molar-refractivity contribution in [1.82, 2.24) is 0 Å². The number of benzene rings is 1. The molecule has 1 aliphatic rings. The van der Waals surface area contributed by atoms with Crippen molar-refractivity contribution in [3.05, 3.63) is 52.6 Å². The van der Waals surface area contributed by atoms with Gasteiger partial charge < -0.3 is 0 Å². The highest BCUT2D eigenvalue weighted by Gasteiger charge is 2.15. The lowest BCUT2D eigenvalue weighted by Crippen LogP contribution is -2.05. The molecular weight excluding hydrogens is 242 g/mol. The Hall–Kier alpha value is -1.81. The molecule has 0 aliphatic heterocycles. The van der Waals surface area contributed by atoms with Gasteiger partial charge in [-0.1, -0.05) is 43.7 Å². The second-order valence-corrected chi connectivity index (χ2v) is 6.05. The van der Waals surface area contributed by atoms with Crippen molar-refractivity contribution in [2.24, 2.45) is 11.8 Å². The molecule has 1 aromatic rings. The molecule has 0 heterocycles. The topological polar surface area (TPSA) is 23.8 Å². The summed E-state index contributed by atoms with van der Waals surface area (Å²) in [7, 11) is 0. The van der Waals surface area contributed by atoms with E-state index in [2.05, 4.69) is 51.1 Å². The van der Waals surface area contributed by atoms with Gasteiger partial charge in [-0.25, -0.2) is 0 Å². The van der Waals surface area contributed by atoms with Crippen molar-refractivity contribution in [3.8, 4) is 6.07 Å². The summed E-state index contributed by atoms with van der Waals surface area (Å²) >= 11 is 0. The smallest absolute Gasteiger partial charge is 0.0994 e. The Morgan fingerprint density at radius 2 is 1.90 bits per heavy atom. The normalized spacial score (nSPS) is 28.4. The van der Waals surface area contributed by atoms with Crippen LogP contribution in [0.25, 0.3) is 5.57 Å². The average molecular weight is 265 g/mol. The molecule has 0 aromatic heterocycles. The zero-order chi connectivity index (χ0) is 14.7. The van der Waals surface area contributed by atoms with Gasteiger partial charge in [0.1, 0.15) is 0 Å². The first-order chi connectivity index (χ1) is 9.52. The number of rotatable bonds is 1. The highest BCUT2D eigenvalue weighted by Crippen LogP contribution is 2.32. The average Bonchev–Trinajstić information content (AvgIpc) is 2.45. The SMILES string of the molecule is C/C1=C(c2ccc(C)c(C#N)c2)\C=C/C(C)CCC1C. The Morgan fingerprint density at radius 1 is 1.15 bits per heavy atom. The van der Waals surface area contributed by atoms with Gasteiger partial charge in [0.2, 0.25) is 0 Å². The Balaban J connectivity index is 2.52. The summed E-state index contributed by atoms with van der Waals surface area (Å²) in [5.41, 5.74) is 5.72. The maximum Gasteiger partial charge on any atom is 0.0994 e. The van der Waals surface area contributed by atoms with Crippen LogP contribution in [0.2, 0.25) is 0 Å². The lowest BCUT2D eigenvalue weighted by atomic mass is 9.84. The molecule has 104 valence electrons. The summed E-state index contributed by atoms with van der Waals surface area (Å²) in [4.78, 5) is 0. The molecule has 0 amide bonds. The van der Waals surface area contributed by atoms with Crippen molar-refractivity contribution in [1.29, 1.82) is 5.26 Å². The molecule has 0 fully saturated rings. The van der Waals surface area contributed by atoms with Gasteiger partial charge in [0.15, 0.2) is 0 Å². The van der Waals surface area contributed by atoms with E-state index in [1.54, 1.807) is 0 Å². The van der Waals surface area contributed by atoms with E-state index in [9.17, 15) is 5.26 Å². The molecule has 2 atom stereocenters. The van der Waals surface area contributed by atoms with E-state index >= 15 is 0 Å². The highest BCUT2D eigenvalue weighted by atomic mass is 14.2. The molecular formula is C19H23N.